The molecule has 0 unspecified atom stereocenters. The molecule has 2 rings (SSSR count). The van der Waals surface area contributed by atoms with Gasteiger partial charge in [0.15, 0.2) is 5.76 Å². The van der Waals surface area contributed by atoms with Crippen LogP contribution in [0.4, 0.5) is 0 Å². The summed E-state index contributed by atoms with van der Waals surface area (Å²) in [4.78, 5) is 4.26. The molecule has 0 saturated heterocycles. The van der Waals surface area contributed by atoms with Gasteiger partial charge in [-0.3, -0.25) is 0 Å². The van der Waals surface area contributed by atoms with Crippen molar-refractivity contribution >= 4 is 0 Å². The van der Waals surface area contributed by atoms with E-state index in [4.69, 9.17) is 14.6 Å². The zero-order chi connectivity index (χ0) is 9.97. The lowest BCUT2D eigenvalue weighted by Crippen LogP contribution is -2.02. The van der Waals surface area contributed by atoms with Crippen molar-refractivity contribution in [3.8, 4) is 11.7 Å². The summed E-state index contributed by atoms with van der Waals surface area (Å²) in [6.07, 6.45) is 2.30. The van der Waals surface area contributed by atoms with Crippen LogP contribution in [0.2, 0.25) is 0 Å². The van der Waals surface area contributed by atoms with Gasteiger partial charge in [-0.25, -0.2) is 4.98 Å². The average molecular weight is 192 g/mol. The Balaban J connectivity index is 2.33. The van der Waals surface area contributed by atoms with Gasteiger partial charge in [-0.05, 0) is 25.6 Å². The maximum atomic E-state index is 5.51. The predicted octanol–water partition coefficient (Wildman–Crippen LogP) is 1.74. The molecule has 0 amide bonds. The summed E-state index contributed by atoms with van der Waals surface area (Å²) in [6.45, 7) is 2.47. The maximum Gasteiger partial charge on any atom is 0.263 e. The molecule has 0 aromatic carbocycles. The Hall–Kier alpha value is -1.55. The monoisotopic (exact) mass is 192 g/mol. The van der Waals surface area contributed by atoms with E-state index in [0.717, 1.165) is 11.5 Å². The molecule has 0 atom stereocenters. The highest BCUT2D eigenvalue weighted by Crippen LogP contribution is 2.21. The van der Waals surface area contributed by atoms with E-state index in [0.29, 0.717) is 24.6 Å². The van der Waals surface area contributed by atoms with Crippen LogP contribution in [-0.4, -0.2) is 11.5 Å². The number of furan rings is 1. The van der Waals surface area contributed by atoms with Gasteiger partial charge in [0, 0.05) is 6.42 Å². The van der Waals surface area contributed by atoms with Gasteiger partial charge in [-0.15, -0.1) is 0 Å². The number of nitrogens with two attached hydrogens (primary N) is 1. The summed E-state index contributed by atoms with van der Waals surface area (Å²) in [7, 11) is 0. The quantitative estimate of drug-likeness (QED) is 0.804. The van der Waals surface area contributed by atoms with Gasteiger partial charge in [0.1, 0.15) is 5.76 Å². The second-order valence-electron chi connectivity index (χ2n) is 3.04. The second kappa shape index (κ2) is 3.67. The molecule has 0 aliphatic carbocycles. The van der Waals surface area contributed by atoms with E-state index in [1.807, 2.05) is 13.0 Å². The number of aromatic nitrogens is 1. The summed E-state index contributed by atoms with van der Waals surface area (Å²) in [6, 6.07) is 3.62. The Labute approximate surface area is 81.7 Å². The first-order chi connectivity index (χ1) is 6.81. The minimum atomic E-state index is 0.524. The molecule has 4 heteroatoms. The van der Waals surface area contributed by atoms with Gasteiger partial charge in [-0.2, -0.15) is 0 Å². The van der Waals surface area contributed by atoms with Crippen molar-refractivity contribution in [3.05, 3.63) is 29.9 Å². The highest BCUT2D eigenvalue weighted by atomic mass is 16.4. The predicted molar refractivity (Wildman–Crippen MR) is 51.7 cm³/mol. The molecule has 2 heterocycles. The topological polar surface area (TPSA) is 65.2 Å². The standard InChI is InChI=1S/C10H12N2O2/c1-7-8(4-5-11)14-10(12-7)9-3-2-6-13-9/h2-3,6H,4-5,11H2,1H3. The highest BCUT2D eigenvalue weighted by Gasteiger charge is 2.12. The molecule has 0 saturated carbocycles. The van der Waals surface area contributed by atoms with E-state index in [1.165, 1.54) is 0 Å². The van der Waals surface area contributed by atoms with E-state index in [-0.39, 0.29) is 0 Å². The van der Waals surface area contributed by atoms with Gasteiger partial charge in [-0.1, -0.05) is 0 Å². The molecular formula is C10H12N2O2. The Morgan fingerprint density at radius 3 is 3.00 bits per heavy atom. The average Bonchev–Trinajstić information content (AvgIpc) is 2.76. The molecule has 0 aliphatic rings. The van der Waals surface area contributed by atoms with Crippen LogP contribution >= 0.6 is 0 Å². The summed E-state index contributed by atoms with van der Waals surface area (Å²) in [5.74, 6) is 2.01. The van der Waals surface area contributed by atoms with Crippen LogP contribution in [0.25, 0.3) is 11.7 Å². The normalized spacial score (nSPS) is 10.7. The number of nitrogens with zero attached hydrogens (tertiary/aromatic N) is 1. The Bertz CT molecular complexity index is 404. The van der Waals surface area contributed by atoms with Gasteiger partial charge >= 0.3 is 0 Å². The molecule has 2 aromatic heterocycles. The van der Waals surface area contributed by atoms with E-state index >= 15 is 0 Å². The molecule has 4 nitrogen and oxygen atoms in total. The summed E-state index contributed by atoms with van der Waals surface area (Å²) in [5.41, 5.74) is 6.32. The molecule has 2 N–H and O–H groups in total. The fraction of sp³-hybridized carbons (Fsp3) is 0.300. The van der Waals surface area contributed by atoms with Crippen molar-refractivity contribution in [2.24, 2.45) is 5.73 Å². The van der Waals surface area contributed by atoms with Crippen LogP contribution in [0.3, 0.4) is 0 Å². The fourth-order valence-corrected chi connectivity index (χ4v) is 1.30. The van der Waals surface area contributed by atoms with Crippen molar-refractivity contribution in [2.75, 3.05) is 6.54 Å². The van der Waals surface area contributed by atoms with Gasteiger partial charge in [0.2, 0.25) is 0 Å². The summed E-state index contributed by atoms with van der Waals surface area (Å²) in [5, 5.41) is 0. The molecule has 74 valence electrons. The molecule has 0 fully saturated rings. The van der Waals surface area contributed by atoms with Crippen LogP contribution in [0.1, 0.15) is 11.5 Å². The third-order valence-corrected chi connectivity index (χ3v) is 2.00. The fourth-order valence-electron chi connectivity index (χ4n) is 1.30. The van der Waals surface area contributed by atoms with Gasteiger partial charge in [0.05, 0.1) is 12.0 Å². The van der Waals surface area contributed by atoms with E-state index < -0.39 is 0 Å². The zero-order valence-electron chi connectivity index (χ0n) is 7.99. The first-order valence-electron chi connectivity index (χ1n) is 4.51. The third kappa shape index (κ3) is 1.56. The lowest BCUT2D eigenvalue weighted by atomic mass is 10.3. The van der Waals surface area contributed by atoms with Crippen molar-refractivity contribution in [2.45, 2.75) is 13.3 Å². The summed E-state index contributed by atoms with van der Waals surface area (Å²) >= 11 is 0. The van der Waals surface area contributed by atoms with Crippen LogP contribution in [-0.2, 0) is 6.42 Å². The maximum absolute atomic E-state index is 5.51. The first kappa shape index (κ1) is 9.02. The highest BCUT2D eigenvalue weighted by molar-refractivity contribution is 5.44. The number of hydrogen-bond donors (Lipinski definition) is 1. The number of aryl methyl sites for hydroxylation is 1. The van der Waals surface area contributed by atoms with Crippen LogP contribution < -0.4 is 5.73 Å². The van der Waals surface area contributed by atoms with E-state index in [1.54, 1.807) is 12.3 Å². The molecule has 0 radical (unpaired) electrons. The smallest absolute Gasteiger partial charge is 0.263 e. The van der Waals surface area contributed by atoms with Crippen molar-refractivity contribution < 1.29 is 8.83 Å². The number of hydrogen-bond acceptors (Lipinski definition) is 4. The minimum Gasteiger partial charge on any atom is -0.459 e. The van der Waals surface area contributed by atoms with Gasteiger partial charge < -0.3 is 14.6 Å². The number of rotatable bonds is 3. The largest absolute Gasteiger partial charge is 0.459 e. The minimum absolute atomic E-state index is 0.524. The first-order valence-corrected chi connectivity index (χ1v) is 4.51. The van der Waals surface area contributed by atoms with Crippen LogP contribution in [0, 0.1) is 6.92 Å². The summed E-state index contributed by atoms with van der Waals surface area (Å²) < 4.78 is 10.7. The van der Waals surface area contributed by atoms with Gasteiger partial charge in [0.25, 0.3) is 5.89 Å². The Morgan fingerprint density at radius 2 is 2.36 bits per heavy atom. The Kier molecular flexibility index (Phi) is 2.37. The van der Waals surface area contributed by atoms with Crippen molar-refractivity contribution in [1.82, 2.24) is 4.98 Å². The molecule has 2 aromatic rings. The zero-order valence-corrected chi connectivity index (χ0v) is 7.99. The third-order valence-electron chi connectivity index (χ3n) is 2.00. The van der Waals surface area contributed by atoms with Crippen LogP contribution in [0.5, 0.6) is 0 Å². The molecule has 14 heavy (non-hydrogen) atoms. The molecular weight excluding hydrogens is 180 g/mol. The van der Waals surface area contributed by atoms with Crippen LogP contribution in [0.15, 0.2) is 27.2 Å². The van der Waals surface area contributed by atoms with E-state index in [2.05, 4.69) is 4.98 Å². The van der Waals surface area contributed by atoms with E-state index in [9.17, 15) is 0 Å². The number of oxazole rings is 1. The Morgan fingerprint density at radius 1 is 1.50 bits per heavy atom. The lowest BCUT2D eigenvalue weighted by Gasteiger charge is -1.91. The second-order valence-corrected chi connectivity index (χ2v) is 3.04. The lowest BCUT2D eigenvalue weighted by molar-refractivity contribution is 0.486. The molecule has 0 bridgehead atoms. The van der Waals surface area contributed by atoms with Crippen molar-refractivity contribution in [1.29, 1.82) is 0 Å². The molecule has 0 aliphatic heterocycles. The molecule has 0 spiro atoms. The van der Waals surface area contributed by atoms with Crippen molar-refractivity contribution in [3.63, 3.8) is 0 Å². The SMILES string of the molecule is Cc1nc(-c2ccco2)oc1CCN.